The molecule has 0 saturated carbocycles. The van der Waals surface area contributed by atoms with E-state index in [0.717, 1.165) is 17.7 Å². The topological polar surface area (TPSA) is 55.8 Å². The zero-order valence-corrected chi connectivity index (χ0v) is 17.2. The molecule has 6 heteroatoms. The van der Waals surface area contributed by atoms with Gasteiger partial charge in [-0.05, 0) is 37.1 Å². The van der Waals surface area contributed by atoms with Gasteiger partial charge in [-0.2, -0.15) is 0 Å². The minimum Gasteiger partial charge on any atom is -0.497 e. The lowest BCUT2D eigenvalue weighted by atomic mass is 9.77. The fourth-order valence-corrected chi connectivity index (χ4v) is 4.46. The second-order valence-corrected chi connectivity index (χ2v) is 7.65. The average molecular weight is 412 g/mol. The van der Waals surface area contributed by atoms with Crippen LogP contribution in [0, 0.1) is 0 Å². The van der Waals surface area contributed by atoms with Gasteiger partial charge < -0.3 is 9.47 Å². The molecule has 2 aromatic rings. The van der Waals surface area contributed by atoms with Crippen molar-refractivity contribution in [3.63, 3.8) is 0 Å². The maximum absolute atomic E-state index is 13.2. The number of rotatable bonds is 4. The zero-order chi connectivity index (χ0) is 20.5. The molecule has 0 saturated heterocycles. The third kappa shape index (κ3) is 3.51. The SMILES string of the molecule is COc1ccc([C@H]2CC(=O)N(c3cccc(Cl)c3)C3=C2C(=O)CCC3)c(OC)c1. The Morgan fingerprint density at radius 3 is 2.59 bits per heavy atom. The van der Waals surface area contributed by atoms with E-state index < -0.39 is 0 Å². The highest BCUT2D eigenvalue weighted by Crippen LogP contribution is 2.46. The molecule has 0 aromatic heterocycles. The van der Waals surface area contributed by atoms with E-state index >= 15 is 0 Å². The average Bonchev–Trinajstić information content (AvgIpc) is 2.72. The molecule has 0 spiro atoms. The fraction of sp³-hybridized carbons (Fsp3) is 0.304. The lowest BCUT2D eigenvalue weighted by Crippen LogP contribution is -2.40. The van der Waals surface area contributed by atoms with E-state index in [9.17, 15) is 9.59 Å². The predicted octanol–water partition coefficient (Wildman–Crippen LogP) is 4.88. The number of Topliss-reactive ketones (excluding diaryl/α,β-unsaturated/α-hetero) is 1. The minimum atomic E-state index is -0.332. The minimum absolute atomic E-state index is 0.0522. The van der Waals surface area contributed by atoms with Gasteiger partial charge in [-0.1, -0.05) is 23.7 Å². The van der Waals surface area contributed by atoms with Crippen molar-refractivity contribution in [2.45, 2.75) is 31.6 Å². The number of carbonyl (C=O) groups is 2. The van der Waals surface area contributed by atoms with Gasteiger partial charge in [0.15, 0.2) is 5.78 Å². The van der Waals surface area contributed by atoms with Gasteiger partial charge in [-0.15, -0.1) is 0 Å². The van der Waals surface area contributed by atoms with Crippen molar-refractivity contribution in [1.82, 2.24) is 0 Å². The lowest BCUT2D eigenvalue weighted by molar-refractivity contribution is -0.119. The quantitative estimate of drug-likeness (QED) is 0.719. The Kier molecular flexibility index (Phi) is 5.33. The molecule has 4 rings (SSSR count). The van der Waals surface area contributed by atoms with E-state index in [1.54, 1.807) is 37.3 Å². The highest BCUT2D eigenvalue weighted by atomic mass is 35.5. The van der Waals surface area contributed by atoms with E-state index in [2.05, 4.69) is 0 Å². The van der Waals surface area contributed by atoms with Crippen LogP contribution in [0.1, 0.15) is 37.2 Å². The largest absolute Gasteiger partial charge is 0.497 e. The molecule has 2 aromatic carbocycles. The second-order valence-electron chi connectivity index (χ2n) is 7.21. The fourth-order valence-electron chi connectivity index (χ4n) is 4.28. The molecule has 0 unspecified atom stereocenters. The Morgan fingerprint density at radius 2 is 1.86 bits per heavy atom. The zero-order valence-electron chi connectivity index (χ0n) is 16.4. The molecule has 1 aliphatic heterocycles. The summed E-state index contributed by atoms with van der Waals surface area (Å²) in [7, 11) is 3.17. The molecule has 5 nitrogen and oxygen atoms in total. The molecule has 150 valence electrons. The molecule has 0 radical (unpaired) electrons. The van der Waals surface area contributed by atoms with E-state index in [-0.39, 0.29) is 24.0 Å². The number of ether oxygens (including phenoxy) is 2. The van der Waals surface area contributed by atoms with Crippen molar-refractivity contribution in [2.24, 2.45) is 0 Å². The van der Waals surface area contributed by atoms with Crippen LogP contribution in [0.25, 0.3) is 0 Å². The van der Waals surface area contributed by atoms with Crippen LogP contribution in [0.2, 0.25) is 5.02 Å². The number of hydrogen-bond acceptors (Lipinski definition) is 4. The number of halogens is 1. The van der Waals surface area contributed by atoms with Crippen LogP contribution in [0.3, 0.4) is 0 Å². The summed E-state index contributed by atoms with van der Waals surface area (Å²) < 4.78 is 10.8. The van der Waals surface area contributed by atoms with E-state index in [1.807, 2.05) is 24.3 Å². The molecule has 29 heavy (non-hydrogen) atoms. The Labute approximate surface area is 174 Å². The summed E-state index contributed by atoms with van der Waals surface area (Å²) in [5, 5.41) is 0.554. The standard InChI is InChI=1S/C23H22ClNO4/c1-28-16-9-10-17(21(12-16)29-2)18-13-22(27)25(15-6-3-5-14(24)11-15)19-7-4-8-20(26)23(18)19/h3,5-6,9-12,18H,4,7-8,13H2,1-2H3/t18-/m1/s1. The van der Waals surface area contributed by atoms with Crippen LogP contribution in [0.15, 0.2) is 53.7 Å². The van der Waals surface area contributed by atoms with Gasteiger partial charge in [0.2, 0.25) is 5.91 Å². The van der Waals surface area contributed by atoms with Gasteiger partial charge in [-0.3, -0.25) is 14.5 Å². The molecule has 1 atom stereocenters. The van der Waals surface area contributed by atoms with E-state index in [4.69, 9.17) is 21.1 Å². The van der Waals surface area contributed by atoms with Crippen LogP contribution in [0.4, 0.5) is 5.69 Å². The summed E-state index contributed by atoms with van der Waals surface area (Å²) in [5.41, 5.74) is 3.02. The molecular formula is C23H22ClNO4. The van der Waals surface area contributed by atoms with Gasteiger partial charge in [0, 0.05) is 46.7 Å². The molecule has 0 bridgehead atoms. The molecule has 0 fully saturated rings. The van der Waals surface area contributed by atoms with Crippen LogP contribution in [0.5, 0.6) is 11.5 Å². The van der Waals surface area contributed by atoms with Crippen LogP contribution in [-0.2, 0) is 9.59 Å². The summed E-state index contributed by atoms with van der Waals surface area (Å²) in [5.74, 6) is 0.986. The van der Waals surface area contributed by atoms with Crippen molar-refractivity contribution in [1.29, 1.82) is 0 Å². The normalized spacial score (nSPS) is 19.3. The highest BCUT2D eigenvalue weighted by molar-refractivity contribution is 6.31. The number of allylic oxidation sites excluding steroid dienone is 2. The molecule has 1 amide bonds. The lowest BCUT2D eigenvalue weighted by Gasteiger charge is -2.38. The monoisotopic (exact) mass is 411 g/mol. The Hall–Kier alpha value is -2.79. The van der Waals surface area contributed by atoms with E-state index in [1.165, 1.54) is 0 Å². The first-order chi connectivity index (χ1) is 14.0. The number of carbonyl (C=O) groups excluding carboxylic acids is 2. The summed E-state index contributed by atoms with van der Waals surface area (Å²) >= 11 is 6.16. The first kappa shape index (κ1) is 19.5. The number of hydrogen-bond donors (Lipinski definition) is 0. The van der Waals surface area contributed by atoms with Crippen molar-refractivity contribution in [3.8, 4) is 11.5 Å². The molecule has 1 aliphatic carbocycles. The third-order valence-electron chi connectivity index (χ3n) is 5.56. The molecular weight excluding hydrogens is 390 g/mol. The van der Waals surface area contributed by atoms with Crippen molar-refractivity contribution in [2.75, 3.05) is 19.1 Å². The van der Waals surface area contributed by atoms with Gasteiger partial charge in [0.05, 0.1) is 19.9 Å². The summed E-state index contributed by atoms with van der Waals surface area (Å²) in [6.07, 6.45) is 2.09. The van der Waals surface area contributed by atoms with Crippen LogP contribution in [-0.4, -0.2) is 25.9 Å². The number of anilines is 1. The van der Waals surface area contributed by atoms with Crippen molar-refractivity contribution < 1.29 is 19.1 Å². The Morgan fingerprint density at radius 1 is 1.03 bits per heavy atom. The number of amides is 1. The highest BCUT2D eigenvalue weighted by Gasteiger charge is 2.40. The Bertz CT molecular complexity index is 1010. The molecule has 1 heterocycles. The molecule has 0 N–H and O–H groups in total. The maximum atomic E-state index is 13.2. The van der Waals surface area contributed by atoms with Gasteiger partial charge >= 0.3 is 0 Å². The van der Waals surface area contributed by atoms with Crippen LogP contribution < -0.4 is 14.4 Å². The van der Waals surface area contributed by atoms with Gasteiger partial charge in [0.25, 0.3) is 0 Å². The summed E-state index contributed by atoms with van der Waals surface area (Å²) in [6.45, 7) is 0. The Balaban J connectivity index is 1.87. The van der Waals surface area contributed by atoms with E-state index in [0.29, 0.717) is 40.6 Å². The van der Waals surface area contributed by atoms with Crippen molar-refractivity contribution in [3.05, 3.63) is 64.3 Å². The first-order valence-corrected chi connectivity index (χ1v) is 9.98. The van der Waals surface area contributed by atoms with Gasteiger partial charge in [0.1, 0.15) is 11.5 Å². The first-order valence-electron chi connectivity index (χ1n) is 9.60. The molecule has 2 aliphatic rings. The van der Waals surface area contributed by atoms with Crippen LogP contribution >= 0.6 is 11.6 Å². The van der Waals surface area contributed by atoms with Gasteiger partial charge in [-0.25, -0.2) is 0 Å². The predicted molar refractivity (Wildman–Crippen MR) is 112 cm³/mol. The maximum Gasteiger partial charge on any atom is 0.232 e. The number of nitrogens with zero attached hydrogens (tertiary/aromatic N) is 1. The number of benzene rings is 2. The number of ketones is 1. The van der Waals surface area contributed by atoms with Crippen molar-refractivity contribution >= 4 is 29.0 Å². The number of methoxy groups -OCH3 is 2. The third-order valence-corrected chi connectivity index (χ3v) is 5.79. The summed E-state index contributed by atoms with van der Waals surface area (Å²) in [4.78, 5) is 27.9. The smallest absolute Gasteiger partial charge is 0.232 e. The summed E-state index contributed by atoms with van der Waals surface area (Å²) in [6, 6.07) is 12.7. The second kappa shape index (κ2) is 7.91.